The number of nitrogens with zero attached hydrogens (tertiary/aromatic N) is 4. The first-order chi connectivity index (χ1) is 11.6. The van der Waals surface area contributed by atoms with E-state index in [9.17, 15) is 4.79 Å². The molecule has 0 aliphatic rings. The summed E-state index contributed by atoms with van der Waals surface area (Å²) in [5, 5.41) is 15.0. The quantitative estimate of drug-likeness (QED) is 0.660. The van der Waals surface area contributed by atoms with Crippen molar-refractivity contribution in [3.63, 3.8) is 0 Å². The normalized spacial score (nSPS) is 10.6. The first-order valence-electron chi connectivity index (χ1n) is 7.12. The number of benzene rings is 2. The van der Waals surface area contributed by atoms with E-state index in [2.05, 4.69) is 36.7 Å². The van der Waals surface area contributed by atoms with Crippen molar-refractivity contribution in [1.29, 1.82) is 0 Å². The number of carbonyl (C=O) groups excluding carboxylic acids is 1. The lowest BCUT2D eigenvalue weighted by molar-refractivity contribution is -0.117. The first kappa shape index (κ1) is 16.7. The van der Waals surface area contributed by atoms with E-state index in [1.807, 2.05) is 54.8 Å². The fourth-order valence-electron chi connectivity index (χ4n) is 2.03. The van der Waals surface area contributed by atoms with Gasteiger partial charge in [0, 0.05) is 20.6 Å². The van der Waals surface area contributed by atoms with E-state index in [0.29, 0.717) is 5.82 Å². The largest absolute Gasteiger partial charge is 0.324 e. The SMILES string of the molecule is CSc1ccc(-c2nnn(CC(=O)Nc3ccc(Br)cc3)n2)cc1. The summed E-state index contributed by atoms with van der Waals surface area (Å²) in [6.07, 6.45) is 2.02. The van der Waals surface area contributed by atoms with Crippen LogP contribution in [0.4, 0.5) is 5.69 Å². The van der Waals surface area contributed by atoms with Gasteiger partial charge >= 0.3 is 0 Å². The summed E-state index contributed by atoms with van der Waals surface area (Å²) >= 11 is 5.02. The van der Waals surface area contributed by atoms with Crippen LogP contribution in [-0.4, -0.2) is 32.4 Å². The van der Waals surface area contributed by atoms with Crippen molar-refractivity contribution in [2.75, 3.05) is 11.6 Å². The molecule has 0 aliphatic carbocycles. The fourth-order valence-corrected chi connectivity index (χ4v) is 2.70. The number of anilines is 1. The zero-order chi connectivity index (χ0) is 16.9. The van der Waals surface area contributed by atoms with E-state index in [4.69, 9.17) is 0 Å². The average molecular weight is 404 g/mol. The molecule has 6 nitrogen and oxygen atoms in total. The smallest absolute Gasteiger partial charge is 0.248 e. The summed E-state index contributed by atoms with van der Waals surface area (Å²) in [6.45, 7) is 0.00591. The Morgan fingerprint density at radius 3 is 2.54 bits per heavy atom. The van der Waals surface area contributed by atoms with Crippen molar-refractivity contribution < 1.29 is 4.79 Å². The molecule has 1 amide bonds. The number of aromatic nitrogens is 4. The Balaban J connectivity index is 1.64. The highest BCUT2D eigenvalue weighted by Gasteiger charge is 2.09. The van der Waals surface area contributed by atoms with E-state index >= 15 is 0 Å². The molecule has 1 N–H and O–H groups in total. The number of carbonyl (C=O) groups is 1. The van der Waals surface area contributed by atoms with Gasteiger partial charge in [0.2, 0.25) is 11.7 Å². The molecule has 0 bridgehead atoms. The van der Waals surface area contributed by atoms with Crippen molar-refractivity contribution in [3.05, 3.63) is 53.0 Å². The number of amides is 1. The molecule has 122 valence electrons. The maximum atomic E-state index is 12.0. The van der Waals surface area contributed by atoms with Crippen LogP contribution in [0.25, 0.3) is 11.4 Å². The van der Waals surface area contributed by atoms with Gasteiger partial charge in [-0.25, -0.2) is 0 Å². The minimum atomic E-state index is -0.209. The third kappa shape index (κ3) is 4.21. The zero-order valence-electron chi connectivity index (χ0n) is 12.8. The monoisotopic (exact) mass is 403 g/mol. The number of thioether (sulfide) groups is 1. The third-order valence-corrected chi connectivity index (χ3v) is 4.49. The van der Waals surface area contributed by atoms with Crippen LogP contribution in [0.2, 0.25) is 0 Å². The van der Waals surface area contributed by atoms with Gasteiger partial charge in [-0.3, -0.25) is 4.79 Å². The highest BCUT2D eigenvalue weighted by atomic mass is 79.9. The van der Waals surface area contributed by atoms with Crippen LogP contribution >= 0.6 is 27.7 Å². The molecule has 0 radical (unpaired) electrons. The Kier molecular flexibility index (Phi) is 5.27. The second-order valence-electron chi connectivity index (χ2n) is 4.93. The molecule has 0 spiro atoms. The highest BCUT2D eigenvalue weighted by Crippen LogP contribution is 2.19. The summed E-state index contributed by atoms with van der Waals surface area (Å²) in [7, 11) is 0. The maximum Gasteiger partial charge on any atom is 0.248 e. The van der Waals surface area contributed by atoms with E-state index in [1.165, 1.54) is 9.69 Å². The van der Waals surface area contributed by atoms with Gasteiger partial charge in [-0.15, -0.1) is 22.0 Å². The fraction of sp³-hybridized carbons (Fsp3) is 0.125. The van der Waals surface area contributed by atoms with Crippen molar-refractivity contribution in [1.82, 2.24) is 20.2 Å². The van der Waals surface area contributed by atoms with E-state index in [1.54, 1.807) is 11.8 Å². The summed E-state index contributed by atoms with van der Waals surface area (Å²) in [5.74, 6) is 0.290. The van der Waals surface area contributed by atoms with Crippen molar-refractivity contribution in [2.24, 2.45) is 0 Å². The molecule has 1 aromatic heterocycles. The van der Waals surface area contributed by atoms with Gasteiger partial charge in [0.25, 0.3) is 0 Å². The summed E-state index contributed by atoms with van der Waals surface area (Å²) in [6, 6.07) is 15.2. The van der Waals surface area contributed by atoms with Crippen molar-refractivity contribution >= 4 is 39.3 Å². The van der Waals surface area contributed by atoms with Crippen molar-refractivity contribution in [2.45, 2.75) is 11.4 Å². The number of rotatable bonds is 5. The highest BCUT2D eigenvalue weighted by molar-refractivity contribution is 9.10. The summed E-state index contributed by atoms with van der Waals surface area (Å²) < 4.78 is 0.954. The molecule has 0 atom stereocenters. The van der Waals surface area contributed by atoms with Crippen LogP contribution in [0.5, 0.6) is 0 Å². The lowest BCUT2D eigenvalue weighted by atomic mass is 10.2. The van der Waals surface area contributed by atoms with Crippen molar-refractivity contribution in [3.8, 4) is 11.4 Å². The summed E-state index contributed by atoms with van der Waals surface area (Å²) in [5.41, 5.74) is 1.59. The molecule has 0 saturated carbocycles. The Bertz CT molecular complexity index is 832. The summed E-state index contributed by atoms with van der Waals surface area (Å²) in [4.78, 5) is 14.5. The minimum absolute atomic E-state index is 0.00591. The molecular weight excluding hydrogens is 390 g/mol. The number of tetrazole rings is 1. The standard InChI is InChI=1S/C16H14BrN5OS/c1-24-14-8-2-11(3-9-14)16-19-21-22(20-16)10-15(23)18-13-6-4-12(17)5-7-13/h2-9H,10H2,1H3,(H,18,23). The molecule has 0 aliphatic heterocycles. The van der Waals surface area contributed by atoms with Crippen LogP contribution < -0.4 is 5.32 Å². The Labute approximate surface area is 151 Å². The molecule has 2 aromatic carbocycles. The van der Waals surface area contributed by atoms with Crippen LogP contribution in [0.1, 0.15) is 0 Å². The predicted octanol–water partition coefficient (Wildman–Crippen LogP) is 3.46. The molecule has 3 aromatic rings. The van der Waals surface area contributed by atoms with E-state index < -0.39 is 0 Å². The van der Waals surface area contributed by atoms with Gasteiger partial charge in [-0.1, -0.05) is 15.9 Å². The molecule has 8 heteroatoms. The Hall–Kier alpha value is -2.19. The van der Waals surface area contributed by atoms with Gasteiger partial charge < -0.3 is 5.32 Å². The molecule has 0 unspecified atom stereocenters. The maximum absolute atomic E-state index is 12.0. The van der Waals surface area contributed by atoms with Crippen LogP contribution in [0.3, 0.4) is 0 Å². The first-order valence-corrected chi connectivity index (χ1v) is 9.13. The molecule has 0 saturated heterocycles. The van der Waals surface area contributed by atoms with E-state index in [0.717, 1.165) is 15.7 Å². The van der Waals surface area contributed by atoms with Gasteiger partial charge in [-0.2, -0.15) is 4.80 Å². The number of hydrogen-bond donors (Lipinski definition) is 1. The van der Waals surface area contributed by atoms with Crippen LogP contribution in [0, 0.1) is 0 Å². The zero-order valence-corrected chi connectivity index (χ0v) is 15.2. The van der Waals surface area contributed by atoms with Crippen LogP contribution in [-0.2, 0) is 11.3 Å². The van der Waals surface area contributed by atoms with E-state index in [-0.39, 0.29) is 12.5 Å². The molecule has 0 fully saturated rings. The molecule has 1 heterocycles. The lowest BCUT2D eigenvalue weighted by Crippen LogP contribution is -2.20. The van der Waals surface area contributed by atoms with Gasteiger partial charge in [0.1, 0.15) is 6.54 Å². The Morgan fingerprint density at radius 2 is 1.88 bits per heavy atom. The van der Waals surface area contributed by atoms with Gasteiger partial charge in [0.05, 0.1) is 0 Å². The molecule has 24 heavy (non-hydrogen) atoms. The predicted molar refractivity (Wildman–Crippen MR) is 97.8 cm³/mol. The second-order valence-corrected chi connectivity index (χ2v) is 6.72. The third-order valence-electron chi connectivity index (χ3n) is 3.21. The number of nitrogens with one attached hydrogen (secondary N) is 1. The number of halogens is 1. The number of hydrogen-bond acceptors (Lipinski definition) is 5. The van der Waals surface area contributed by atoms with Gasteiger partial charge in [-0.05, 0) is 60.0 Å². The van der Waals surface area contributed by atoms with Gasteiger partial charge in [0.15, 0.2) is 0 Å². The van der Waals surface area contributed by atoms with Crippen LogP contribution in [0.15, 0.2) is 57.9 Å². The molecular formula is C16H14BrN5OS. The molecule has 3 rings (SSSR count). The minimum Gasteiger partial charge on any atom is -0.324 e. The topological polar surface area (TPSA) is 72.7 Å². The Morgan fingerprint density at radius 1 is 1.17 bits per heavy atom. The lowest BCUT2D eigenvalue weighted by Gasteiger charge is -2.04. The second kappa shape index (κ2) is 7.59. The average Bonchev–Trinajstić information content (AvgIpc) is 3.05.